The molecule has 0 atom stereocenters. The molecule has 3 nitrogen and oxygen atoms in total. The van der Waals surface area contributed by atoms with Crippen molar-refractivity contribution in [2.24, 2.45) is 5.92 Å². The summed E-state index contributed by atoms with van der Waals surface area (Å²) in [7, 11) is 0. The molecule has 0 bridgehead atoms. The Balaban J connectivity index is 1.92. The maximum absolute atomic E-state index is 6.10. The number of fused-ring (bicyclic) bond motifs is 1. The average Bonchev–Trinajstić information content (AvgIpc) is 2.81. The molecule has 0 aliphatic heterocycles. The Morgan fingerprint density at radius 1 is 1.17 bits per heavy atom. The summed E-state index contributed by atoms with van der Waals surface area (Å²) in [5.74, 6) is 2.32. The van der Waals surface area contributed by atoms with E-state index in [0.717, 1.165) is 29.2 Å². The highest BCUT2D eigenvalue weighted by molar-refractivity contribution is 6.31. The van der Waals surface area contributed by atoms with Gasteiger partial charge in [0.25, 0.3) is 0 Å². The zero-order valence-corrected chi connectivity index (χ0v) is 14.5. The van der Waals surface area contributed by atoms with Crippen molar-refractivity contribution in [3.63, 3.8) is 0 Å². The first-order chi connectivity index (χ1) is 11.0. The van der Waals surface area contributed by atoms with Crippen LogP contribution in [-0.4, -0.2) is 9.55 Å². The third kappa shape index (κ3) is 3.67. The number of benzene rings is 2. The summed E-state index contributed by atoms with van der Waals surface area (Å²) in [6.07, 6.45) is 0. The van der Waals surface area contributed by atoms with Crippen LogP contribution in [0.15, 0.2) is 42.5 Å². The minimum Gasteiger partial charge on any atom is -0.486 e. The van der Waals surface area contributed by atoms with E-state index in [2.05, 4.69) is 31.4 Å². The van der Waals surface area contributed by atoms with E-state index in [9.17, 15) is 0 Å². The molecule has 0 radical (unpaired) electrons. The molecule has 120 valence electrons. The summed E-state index contributed by atoms with van der Waals surface area (Å²) in [5, 5.41) is 0.706. The Bertz CT molecular complexity index is 823. The molecule has 1 aromatic heterocycles. The van der Waals surface area contributed by atoms with E-state index in [4.69, 9.17) is 21.3 Å². The number of rotatable bonds is 5. The van der Waals surface area contributed by atoms with Gasteiger partial charge in [0.15, 0.2) is 0 Å². The number of imidazole rings is 1. The number of hydrogen-bond donors (Lipinski definition) is 0. The molecule has 0 aliphatic rings. The summed E-state index contributed by atoms with van der Waals surface area (Å²) >= 11 is 6.10. The minimum atomic E-state index is 0.447. The molecule has 0 fully saturated rings. The van der Waals surface area contributed by atoms with Crippen molar-refractivity contribution in [3.8, 4) is 5.75 Å². The van der Waals surface area contributed by atoms with Gasteiger partial charge in [-0.25, -0.2) is 4.98 Å². The van der Waals surface area contributed by atoms with Gasteiger partial charge in [-0.15, -0.1) is 0 Å². The van der Waals surface area contributed by atoms with Gasteiger partial charge in [-0.2, -0.15) is 0 Å². The van der Waals surface area contributed by atoms with Crippen molar-refractivity contribution >= 4 is 22.6 Å². The maximum atomic E-state index is 6.10. The first-order valence-corrected chi connectivity index (χ1v) is 8.25. The number of hydrogen-bond acceptors (Lipinski definition) is 2. The number of aromatic nitrogens is 2. The molecule has 1 heterocycles. The van der Waals surface area contributed by atoms with Crippen molar-refractivity contribution in [3.05, 3.63) is 58.9 Å². The molecule has 0 unspecified atom stereocenters. The van der Waals surface area contributed by atoms with Crippen LogP contribution in [0, 0.1) is 12.8 Å². The Morgan fingerprint density at radius 2 is 2.00 bits per heavy atom. The van der Waals surface area contributed by atoms with Gasteiger partial charge < -0.3 is 9.30 Å². The summed E-state index contributed by atoms with van der Waals surface area (Å²) in [5.41, 5.74) is 3.21. The highest BCUT2D eigenvalue weighted by Gasteiger charge is 2.13. The standard InChI is InChI=1S/C19H21ClN2O/c1-13(2)11-22-18-8-7-15(20)10-17(18)21-19(22)12-23-16-6-4-5-14(3)9-16/h4-10,13H,11-12H2,1-3H3. The Labute approximate surface area is 141 Å². The monoisotopic (exact) mass is 328 g/mol. The molecular formula is C19H21ClN2O. The summed E-state index contributed by atoms with van der Waals surface area (Å²) < 4.78 is 8.17. The fourth-order valence-corrected chi connectivity index (χ4v) is 2.85. The van der Waals surface area contributed by atoms with E-state index < -0.39 is 0 Å². The van der Waals surface area contributed by atoms with Crippen LogP contribution in [0.3, 0.4) is 0 Å². The van der Waals surface area contributed by atoms with Crippen LogP contribution in [0.4, 0.5) is 0 Å². The van der Waals surface area contributed by atoms with Crippen molar-refractivity contribution in [2.45, 2.75) is 33.9 Å². The Hall–Kier alpha value is -2.00. The van der Waals surface area contributed by atoms with Gasteiger partial charge in [-0.1, -0.05) is 37.6 Å². The molecule has 0 amide bonds. The van der Waals surface area contributed by atoms with Crippen molar-refractivity contribution in [1.82, 2.24) is 9.55 Å². The molecule has 0 aliphatic carbocycles. The van der Waals surface area contributed by atoms with Crippen LogP contribution < -0.4 is 4.74 Å². The van der Waals surface area contributed by atoms with Gasteiger partial charge in [-0.05, 0) is 48.7 Å². The molecule has 2 aromatic carbocycles. The third-order valence-electron chi connectivity index (χ3n) is 3.69. The van der Waals surface area contributed by atoms with Crippen LogP contribution in [0.2, 0.25) is 5.02 Å². The van der Waals surface area contributed by atoms with E-state index in [1.807, 2.05) is 36.4 Å². The Kier molecular flexibility index (Phi) is 4.58. The van der Waals surface area contributed by atoms with Gasteiger partial charge in [0.2, 0.25) is 0 Å². The normalized spacial score (nSPS) is 11.3. The SMILES string of the molecule is Cc1cccc(OCc2nc3cc(Cl)ccc3n2CC(C)C)c1. The second-order valence-corrected chi connectivity index (χ2v) is 6.71. The largest absolute Gasteiger partial charge is 0.486 e. The Morgan fingerprint density at radius 3 is 2.74 bits per heavy atom. The highest BCUT2D eigenvalue weighted by Crippen LogP contribution is 2.23. The van der Waals surface area contributed by atoms with E-state index in [-0.39, 0.29) is 0 Å². The average molecular weight is 329 g/mol. The number of nitrogens with zero attached hydrogens (tertiary/aromatic N) is 2. The second kappa shape index (κ2) is 6.63. The lowest BCUT2D eigenvalue weighted by atomic mass is 10.2. The molecule has 0 N–H and O–H groups in total. The topological polar surface area (TPSA) is 27.1 Å². The third-order valence-corrected chi connectivity index (χ3v) is 3.93. The van der Waals surface area contributed by atoms with Crippen LogP contribution in [0.25, 0.3) is 11.0 Å². The smallest absolute Gasteiger partial charge is 0.148 e. The van der Waals surface area contributed by atoms with E-state index in [0.29, 0.717) is 17.5 Å². The van der Waals surface area contributed by atoms with Gasteiger partial charge in [0, 0.05) is 11.6 Å². The molecular weight excluding hydrogens is 308 g/mol. The predicted molar refractivity (Wildman–Crippen MR) is 95.1 cm³/mol. The molecule has 23 heavy (non-hydrogen) atoms. The van der Waals surface area contributed by atoms with Gasteiger partial charge >= 0.3 is 0 Å². The molecule has 3 rings (SSSR count). The first kappa shape index (κ1) is 15.9. The van der Waals surface area contributed by atoms with Crippen LogP contribution >= 0.6 is 11.6 Å². The van der Waals surface area contributed by atoms with Crippen LogP contribution in [0.5, 0.6) is 5.75 Å². The lowest BCUT2D eigenvalue weighted by molar-refractivity contribution is 0.287. The van der Waals surface area contributed by atoms with E-state index in [1.165, 1.54) is 5.56 Å². The number of halogens is 1. The van der Waals surface area contributed by atoms with Crippen LogP contribution in [0.1, 0.15) is 25.2 Å². The quantitative estimate of drug-likeness (QED) is 0.641. The lowest BCUT2D eigenvalue weighted by Gasteiger charge is -2.12. The molecule has 3 aromatic rings. The van der Waals surface area contributed by atoms with Gasteiger partial charge in [0.05, 0.1) is 11.0 Å². The minimum absolute atomic E-state index is 0.447. The predicted octanol–water partition coefficient (Wildman–Crippen LogP) is 5.23. The fourth-order valence-electron chi connectivity index (χ4n) is 2.68. The molecule has 0 saturated heterocycles. The fraction of sp³-hybridized carbons (Fsp3) is 0.316. The second-order valence-electron chi connectivity index (χ2n) is 6.27. The van der Waals surface area contributed by atoms with E-state index in [1.54, 1.807) is 0 Å². The molecule has 0 saturated carbocycles. The maximum Gasteiger partial charge on any atom is 0.148 e. The molecule has 4 heteroatoms. The highest BCUT2D eigenvalue weighted by atomic mass is 35.5. The van der Waals surface area contributed by atoms with Crippen molar-refractivity contribution < 1.29 is 4.74 Å². The molecule has 0 spiro atoms. The van der Waals surface area contributed by atoms with Gasteiger partial charge in [-0.3, -0.25) is 0 Å². The first-order valence-electron chi connectivity index (χ1n) is 7.87. The summed E-state index contributed by atoms with van der Waals surface area (Å²) in [4.78, 5) is 4.72. The zero-order chi connectivity index (χ0) is 16.4. The number of aryl methyl sites for hydroxylation is 1. The van der Waals surface area contributed by atoms with Gasteiger partial charge in [0.1, 0.15) is 18.2 Å². The summed E-state index contributed by atoms with van der Waals surface area (Å²) in [6.45, 7) is 7.82. The van der Waals surface area contributed by atoms with E-state index >= 15 is 0 Å². The van der Waals surface area contributed by atoms with Crippen molar-refractivity contribution in [2.75, 3.05) is 0 Å². The summed E-state index contributed by atoms with van der Waals surface area (Å²) in [6, 6.07) is 13.9. The number of ether oxygens (including phenoxy) is 1. The van der Waals surface area contributed by atoms with Crippen LogP contribution in [-0.2, 0) is 13.2 Å². The lowest BCUT2D eigenvalue weighted by Crippen LogP contribution is -2.11. The van der Waals surface area contributed by atoms with Crippen molar-refractivity contribution in [1.29, 1.82) is 0 Å². The zero-order valence-electron chi connectivity index (χ0n) is 13.7.